The van der Waals surface area contributed by atoms with Gasteiger partial charge in [-0.3, -0.25) is 0 Å². The quantitative estimate of drug-likeness (QED) is 0.655. The van der Waals surface area contributed by atoms with Crippen LogP contribution in [0.25, 0.3) is 0 Å². The molecule has 166 valence electrons. The lowest BCUT2D eigenvalue weighted by molar-refractivity contribution is -0.106. The lowest BCUT2D eigenvalue weighted by Gasteiger charge is -2.38. The van der Waals surface area contributed by atoms with E-state index in [0.717, 1.165) is 44.3 Å². The Labute approximate surface area is 184 Å². The monoisotopic (exact) mass is 425 g/mol. The molecule has 2 aliphatic rings. The third kappa shape index (κ3) is 4.46. The molecule has 0 aromatic heterocycles. The van der Waals surface area contributed by atoms with Gasteiger partial charge in [0, 0.05) is 39.1 Å². The summed E-state index contributed by atoms with van der Waals surface area (Å²) in [7, 11) is 4.10. The highest BCUT2D eigenvalue weighted by Crippen LogP contribution is 2.48. The minimum Gasteiger partial charge on any atom is -0.388 e. The number of piperidine rings is 1. The van der Waals surface area contributed by atoms with Gasteiger partial charge in [-0.1, -0.05) is 24.3 Å². The molecule has 0 spiro atoms. The molecule has 1 saturated heterocycles. The van der Waals surface area contributed by atoms with Crippen molar-refractivity contribution in [3.63, 3.8) is 0 Å². The zero-order valence-corrected chi connectivity index (χ0v) is 18.4. The van der Waals surface area contributed by atoms with Crippen LogP contribution < -0.4 is 9.80 Å². The summed E-state index contributed by atoms with van der Waals surface area (Å²) in [6.45, 7) is 3.33. The van der Waals surface area contributed by atoms with Crippen LogP contribution in [-0.4, -0.2) is 62.6 Å². The number of aliphatic hydroxyl groups is 1. The molecule has 1 fully saturated rings. The molecule has 0 aliphatic carbocycles. The normalized spacial score (nSPS) is 21.5. The van der Waals surface area contributed by atoms with Crippen molar-refractivity contribution in [2.24, 2.45) is 0 Å². The zero-order valence-electron chi connectivity index (χ0n) is 18.4. The van der Waals surface area contributed by atoms with Crippen molar-refractivity contribution in [1.29, 1.82) is 0 Å². The summed E-state index contributed by atoms with van der Waals surface area (Å²) in [6, 6.07) is 12.9. The van der Waals surface area contributed by atoms with Crippen molar-refractivity contribution in [3.05, 3.63) is 59.4 Å². The number of aliphatic hydroxyl groups excluding tert-OH is 1. The maximum absolute atomic E-state index is 13.1. The van der Waals surface area contributed by atoms with Gasteiger partial charge in [0.15, 0.2) is 0 Å². The smallest absolute Gasteiger partial charge is 0.139 e. The van der Waals surface area contributed by atoms with Crippen molar-refractivity contribution in [3.8, 4) is 0 Å². The van der Waals surface area contributed by atoms with E-state index in [1.165, 1.54) is 29.1 Å². The molecule has 1 N–H and O–H groups in total. The molecule has 2 aromatic carbocycles. The van der Waals surface area contributed by atoms with Gasteiger partial charge >= 0.3 is 0 Å². The number of aldehydes is 1. The summed E-state index contributed by atoms with van der Waals surface area (Å²) in [6.07, 6.45) is 3.03. The van der Waals surface area contributed by atoms with Crippen molar-refractivity contribution in [2.75, 3.05) is 50.1 Å². The number of hydrogen-bond donors (Lipinski definition) is 1. The summed E-state index contributed by atoms with van der Waals surface area (Å²) in [4.78, 5) is 18.3. The molecule has 4 rings (SSSR count). The Hall–Kier alpha value is -2.44. The molecule has 0 amide bonds. The second-order valence-corrected chi connectivity index (χ2v) is 8.90. The van der Waals surface area contributed by atoms with Gasteiger partial charge in [-0.15, -0.1) is 0 Å². The van der Waals surface area contributed by atoms with Gasteiger partial charge in [0.1, 0.15) is 12.1 Å². The molecule has 2 aromatic rings. The molecule has 0 radical (unpaired) electrons. The van der Waals surface area contributed by atoms with Gasteiger partial charge in [0.2, 0.25) is 0 Å². The average Bonchev–Trinajstić information content (AvgIpc) is 3.07. The average molecular weight is 426 g/mol. The fraction of sp³-hybridized carbons (Fsp3) is 0.480. The molecule has 2 heterocycles. The Morgan fingerprint density at radius 1 is 1.23 bits per heavy atom. The largest absolute Gasteiger partial charge is 0.388 e. The SMILES string of the molecule is CN(C)c1cccc2c1N(CC=O)C1CCN(CCCC(O)c3ccc(F)cc3)CC21. The summed E-state index contributed by atoms with van der Waals surface area (Å²) in [5.74, 6) is 0.113. The Morgan fingerprint density at radius 2 is 2.00 bits per heavy atom. The highest BCUT2D eigenvalue weighted by molar-refractivity contribution is 5.81. The second-order valence-electron chi connectivity index (χ2n) is 8.90. The number of fused-ring (bicyclic) bond motifs is 3. The molecule has 31 heavy (non-hydrogen) atoms. The van der Waals surface area contributed by atoms with Crippen LogP contribution in [0.15, 0.2) is 42.5 Å². The van der Waals surface area contributed by atoms with E-state index in [2.05, 4.69) is 47.0 Å². The molecule has 0 saturated carbocycles. The Kier molecular flexibility index (Phi) is 6.58. The van der Waals surface area contributed by atoms with E-state index in [0.29, 0.717) is 24.9 Å². The van der Waals surface area contributed by atoms with Crippen LogP contribution in [0, 0.1) is 5.82 Å². The van der Waals surface area contributed by atoms with Crippen LogP contribution >= 0.6 is 0 Å². The number of anilines is 2. The summed E-state index contributed by atoms with van der Waals surface area (Å²) in [5.41, 5.74) is 4.49. The number of halogens is 1. The molecular formula is C25H32FN3O2. The molecule has 5 nitrogen and oxygen atoms in total. The number of hydrogen-bond acceptors (Lipinski definition) is 5. The Morgan fingerprint density at radius 3 is 2.71 bits per heavy atom. The third-order valence-electron chi connectivity index (χ3n) is 6.75. The van der Waals surface area contributed by atoms with Gasteiger partial charge in [0.05, 0.1) is 24.0 Å². The number of benzene rings is 2. The summed E-state index contributed by atoms with van der Waals surface area (Å²) in [5, 5.41) is 10.4. The topological polar surface area (TPSA) is 47.0 Å². The minimum atomic E-state index is -0.559. The fourth-order valence-electron chi connectivity index (χ4n) is 5.24. The van der Waals surface area contributed by atoms with Crippen molar-refractivity contribution < 1.29 is 14.3 Å². The van der Waals surface area contributed by atoms with Crippen LogP contribution in [-0.2, 0) is 4.79 Å². The summed E-state index contributed by atoms with van der Waals surface area (Å²) < 4.78 is 13.1. The van der Waals surface area contributed by atoms with Gasteiger partial charge < -0.3 is 24.6 Å². The van der Waals surface area contributed by atoms with E-state index in [1.807, 2.05) is 0 Å². The van der Waals surface area contributed by atoms with Crippen molar-refractivity contribution >= 4 is 17.7 Å². The molecular weight excluding hydrogens is 393 g/mol. The predicted octanol–water partition coefficient (Wildman–Crippen LogP) is 3.58. The maximum atomic E-state index is 13.1. The second kappa shape index (κ2) is 9.37. The first-order chi connectivity index (χ1) is 15.0. The van der Waals surface area contributed by atoms with Crippen LogP contribution in [0.4, 0.5) is 15.8 Å². The van der Waals surface area contributed by atoms with E-state index in [9.17, 15) is 14.3 Å². The maximum Gasteiger partial charge on any atom is 0.139 e. The lowest BCUT2D eigenvalue weighted by atomic mass is 9.88. The van der Waals surface area contributed by atoms with Gasteiger partial charge in [0.25, 0.3) is 0 Å². The van der Waals surface area contributed by atoms with E-state index >= 15 is 0 Å². The Bertz CT molecular complexity index is 902. The van der Waals surface area contributed by atoms with Gasteiger partial charge in [-0.25, -0.2) is 4.39 Å². The standard InChI is InChI=1S/C25H32FN3O2/c1-27(2)23-6-3-5-20-21-17-28(14-12-22(21)29(15-16-30)25(20)23)13-4-7-24(31)18-8-10-19(26)11-9-18/h3,5-6,8-11,16,21-22,24,31H,4,7,12-15,17H2,1-2H3. The number of nitrogens with zero attached hydrogens (tertiary/aromatic N) is 3. The van der Waals surface area contributed by atoms with Gasteiger partial charge in [-0.05, 0) is 55.1 Å². The van der Waals surface area contributed by atoms with Crippen molar-refractivity contribution in [2.45, 2.75) is 37.3 Å². The van der Waals surface area contributed by atoms with Crippen LogP contribution in [0.3, 0.4) is 0 Å². The van der Waals surface area contributed by atoms with E-state index in [4.69, 9.17) is 0 Å². The first-order valence-electron chi connectivity index (χ1n) is 11.2. The van der Waals surface area contributed by atoms with Crippen LogP contribution in [0.1, 0.15) is 42.4 Å². The number of rotatable bonds is 8. The highest BCUT2D eigenvalue weighted by Gasteiger charge is 2.42. The Balaban J connectivity index is 1.41. The fourth-order valence-corrected chi connectivity index (χ4v) is 5.24. The summed E-state index contributed by atoms with van der Waals surface area (Å²) >= 11 is 0. The molecule has 6 heteroatoms. The first-order valence-corrected chi connectivity index (χ1v) is 11.2. The van der Waals surface area contributed by atoms with E-state index in [1.54, 1.807) is 12.1 Å². The number of carbonyl (C=O) groups is 1. The number of para-hydroxylation sites is 1. The molecule has 3 unspecified atom stereocenters. The first kappa shape index (κ1) is 21.8. The van der Waals surface area contributed by atoms with E-state index in [-0.39, 0.29) is 5.82 Å². The van der Waals surface area contributed by atoms with Crippen LogP contribution in [0.5, 0.6) is 0 Å². The molecule has 2 aliphatic heterocycles. The predicted molar refractivity (Wildman–Crippen MR) is 122 cm³/mol. The van der Waals surface area contributed by atoms with Crippen molar-refractivity contribution in [1.82, 2.24) is 4.90 Å². The third-order valence-corrected chi connectivity index (χ3v) is 6.75. The number of likely N-dealkylation sites (tertiary alicyclic amines) is 1. The highest BCUT2D eigenvalue weighted by atomic mass is 19.1. The minimum absolute atomic E-state index is 0.281. The zero-order chi connectivity index (χ0) is 22.0. The van der Waals surface area contributed by atoms with Gasteiger partial charge in [-0.2, -0.15) is 0 Å². The van der Waals surface area contributed by atoms with Crippen LogP contribution in [0.2, 0.25) is 0 Å². The molecule has 3 atom stereocenters. The van der Waals surface area contributed by atoms with E-state index < -0.39 is 6.10 Å². The molecule has 0 bridgehead atoms. The lowest BCUT2D eigenvalue weighted by Crippen LogP contribution is -2.47. The number of carbonyl (C=O) groups excluding carboxylic acids is 1.